The number of benzene rings is 1. The van der Waals surface area contributed by atoms with Crippen LogP contribution in [0.5, 0.6) is 0 Å². The zero-order chi connectivity index (χ0) is 10.7. The highest BCUT2D eigenvalue weighted by atomic mass is 19.2. The van der Waals surface area contributed by atoms with E-state index in [9.17, 15) is 13.6 Å². The fourth-order valence-electron chi connectivity index (χ4n) is 1.02. The zero-order valence-corrected chi connectivity index (χ0v) is 7.51. The molecular weight excluding hydrogens is 192 g/mol. The number of hydrogen-bond donors (Lipinski definition) is 1. The van der Waals surface area contributed by atoms with Gasteiger partial charge in [-0.2, -0.15) is 0 Å². The van der Waals surface area contributed by atoms with E-state index in [2.05, 4.69) is 4.74 Å². The van der Waals surface area contributed by atoms with Gasteiger partial charge in [0.1, 0.15) is 0 Å². The molecule has 0 saturated carbocycles. The van der Waals surface area contributed by atoms with E-state index in [-0.39, 0.29) is 6.54 Å². The van der Waals surface area contributed by atoms with Gasteiger partial charge >= 0.3 is 5.97 Å². The van der Waals surface area contributed by atoms with E-state index in [0.717, 1.165) is 13.2 Å². The second-order valence-corrected chi connectivity index (χ2v) is 2.63. The fourth-order valence-corrected chi connectivity index (χ4v) is 1.02. The summed E-state index contributed by atoms with van der Waals surface area (Å²) in [6.07, 6.45) is 0. The second kappa shape index (κ2) is 4.15. The van der Waals surface area contributed by atoms with Gasteiger partial charge < -0.3 is 10.5 Å². The van der Waals surface area contributed by atoms with Crippen LogP contribution in [0.4, 0.5) is 8.78 Å². The quantitative estimate of drug-likeness (QED) is 0.731. The molecule has 0 amide bonds. The summed E-state index contributed by atoms with van der Waals surface area (Å²) in [5, 5.41) is 0. The third-order valence-electron chi connectivity index (χ3n) is 1.73. The Balaban J connectivity index is 3.27. The lowest BCUT2D eigenvalue weighted by Crippen LogP contribution is -2.09. The highest BCUT2D eigenvalue weighted by Crippen LogP contribution is 2.15. The lowest BCUT2D eigenvalue weighted by Gasteiger charge is -2.04. The molecule has 0 fully saturated rings. The average Bonchev–Trinajstić information content (AvgIpc) is 2.20. The molecule has 0 aliphatic rings. The van der Waals surface area contributed by atoms with Crippen LogP contribution in [0.15, 0.2) is 12.1 Å². The van der Waals surface area contributed by atoms with Crippen molar-refractivity contribution in [2.75, 3.05) is 7.11 Å². The van der Waals surface area contributed by atoms with Crippen molar-refractivity contribution in [3.05, 3.63) is 34.9 Å². The van der Waals surface area contributed by atoms with Crippen molar-refractivity contribution in [1.82, 2.24) is 0 Å². The highest BCUT2D eigenvalue weighted by molar-refractivity contribution is 5.89. The van der Waals surface area contributed by atoms with Crippen molar-refractivity contribution in [3.8, 4) is 0 Å². The number of carbonyl (C=O) groups is 1. The first-order valence-corrected chi connectivity index (χ1v) is 3.86. The van der Waals surface area contributed by atoms with E-state index in [1.165, 1.54) is 6.07 Å². The molecule has 0 aliphatic heterocycles. The van der Waals surface area contributed by atoms with E-state index in [1.54, 1.807) is 0 Å². The summed E-state index contributed by atoms with van der Waals surface area (Å²) in [5.74, 6) is -3.24. The van der Waals surface area contributed by atoms with E-state index in [1.807, 2.05) is 0 Å². The molecular formula is C9H9F2NO2. The Bertz CT molecular complexity index is 366. The first-order valence-electron chi connectivity index (χ1n) is 3.86. The molecule has 0 saturated heterocycles. The van der Waals surface area contributed by atoms with Crippen LogP contribution in [0.1, 0.15) is 15.9 Å². The molecule has 2 N–H and O–H groups in total. The minimum Gasteiger partial charge on any atom is -0.465 e. The standard InChI is InChI=1S/C9H9F2NO2/c1-14-9(13)6-2-5(4-12)3-7(10)8(6)11/h2-3H,4,12H2,1H3. The molecule has 0 spiro atoms. The normalized spacial score (nSPS) is 10.0. The molecule has 1 aromatic rings. The monoisotopic (exact) mass is 201 g/mol. The zero-order valence-electron chi connectivity index (χ0n) is 7.51. The Morgan fingerprint density at radius 3 is 2.64 bits per heavy atom. The molecule has 0 aromatic heterocycles. The predicted molar refractivity (Wildman–Crippen MR) is 45.6 cm³/mol. The van der Waals surface area contributed by atoms with Gasteiger partial charge in [-0.25, -0.2) is 13.6 Å². The Morgan fingerprint density at radius 1 is 1.50 bits per heavy atom. The van der Waals surface area contributed by atoms with Gasteiger partial charge in [-0.1, -0.05) is 0 Å². The van der Waals surface area contributed by atoms with E-state index in [4.69, 9.17) is 5.73 Å². The van der Waals surface area contributed by atoms with Crippen molar-refractivity contribution in [1.29, 1.82) is 0 Å². The van der Waals surface area contributed by atoms with E-state index < -0.39 is 23.2 Å². The summed E-state index contributed by atoms with van der Waals surface area (Å²) in [6, 6.07) is 2.12. The van der Waals surface area contributed by atoms with Crippen molar-refractivity contribution in [3.63, 3.8) is 0 Å². The van der Waals surface area contributed by atoms with Crippen LogP contribution in [-0.2, 0) is 11.3 Å². The summed E-state index contributed by atoms with van der Waals surface area (Å²) in [5.41, 5.74) is 5.14. The first kappa shape index (κ1) is 10.6. The summed E-state index contributed by atoms with van der Waals surface area (Å²) in [4.78, 5) is 11.0. The Kier molecular flexibility index (Phi) is 3.14. The molecule has 3 nitrogen and oxygen atoms in total. The number of carbonyl (C=O) groups excluding carboxylic acids is 1. The molecule has 1 aromatic carbocycles. The maximum Gasteiger partial charge on any atom is 0.340 e. The number of nitrogens with two attached hydrogens (primary N) is 1. The molecule has 0 aliphatic carbocycles. The van der Waals surface area contributed by atoms with Gasteiger partial charge in [-0.3, -0.25) is 0 Å². The number of methoxy groups -OCH3 is 1. The summed E-state index contributed by atoms with van der Waals surface area (Å²) < 4.78 is 30.2. The number of esters is 1. The molecule has 14 heavy (non-hydrogen) atoms. The lowest BCUT2D eigenvalue weighted by molar-refractivity contribution is 0.0594. The molecule has 5 heteroatoms. The number of ether oxygens (including phenoxy) is 1. The predicted octanol–water partition coefficient (Wildman–Crippen LogP) is 1.21. The summed E-state index contributed by atoms with van der Waals surface area (Å²) in [6.45, 7) is 0.0290. The Labute approximate surface area is 79.5 Å². The van der Waals surface area contributed by atoms with Gasteiger partial charge in [0, 0.05) is 6.54 Å². The van der Waals surface area contributed by atoms with Crippen LogP contribution in [0.25, 0.3) is 0 Å². The van der Waals surface area contributed by atoms with Crippen molar-refractivity contribution < 1.29 is 18.3 Å². The van der Waals surface area contributed by atoms with Crippen LogP contribution in [0.2, 0.25) is 0 Å². The number of rotatable bonds is 2. The molecule has 0 atom stereocenters. The van der Waals surface area contributed by atoms with Crippen molar-refractivity contribution >= 4 is 5.97 Å². The maximum absolute atomic E-state index is 13.0. The van der Waals surface area contributed by atoms with Gasteiger partial charge in [-0.15, -0.1) is 0 Å². The van der Waals surface area contributed by atoms with Crippen LogP contribution in [0.3, 0.4) is 0 Å². The lowest BCUT2D eigenvalue weighted by atomic mass is 10.1. The minimum absolute atomic E-state index is 0.0290. The largest absolute Gasteiger partial charge is 0.465 e. The molecule has 0 radical (unpaired) electrons. The smallest absolute Gasteiger partial charge is 0.340 e. The SMILES string of the molecule is COC(=O)c1cc(CN)cc(F)c1F. The van der Waals surface area contributed by atoms with Crippen LogP contribution >= 0.6 is 0 Å². The van der Waals surface area contributed by atoms with E-state index >= 15 is 0 Å². The fraction of sp³-hybridized carbons (Fsp3) is 0.222. The van der Waals surface area contributed by atoms with Crippen LogP contribution in [0, 0.1) is 11.6 Å². The first-order chi connectivity index (χ1) is 6.60. The molecule has 0 heterocycles. The third-order valence-corrected chi connectivity index (χ3v) is 1.73. The molecule has 1 rings (SSSR count). The van der Waals surface area contributed by atoms with Gasteiger partial charge in [0.25, 0.3) is 0 Å². The van der Waals surface area contributed by atoms with E-state index in [0.29, 0.717) is 5.56 Å². The number of hydrogen-bond acceptors (Lipinski definition) is 3. The third kappa shape index (κ3) is 1.88. The van der Waals surface area contributed by atoms with Crippen molar-refractivity contribution in [2.45, 2.75) is 6.54 Å². The average molecular weight is 201 g/mol. The summed E-state index contributed by atoms with van der Waals surface area (Å²) >= 11 is 0. The Hall–Kier alpha value is -1.49. The van der Waals surface area contributed by atoms with Crippen LogP contribution < -0.4 is 5.73 Å². The van der Waals surface area contributed by atoms with Gasteiger partial charge in [0.2, 0.25) is 0 Å². The topological polar surface area (TPSA) is 52.3 Å². The van der Waals surface area contributed by atoms with Gasteiger partial charge in [0.05, 0.1) is 12.7 Å². The Morgan fingerprint density at radius 2 is 2.14 bits per heavy atom. The minimum atomic E-state index is -1.21. The van der Waals surface area contributed by atoms with Gasteiger partial charge in [0.15, 0.2) is 11.6 Å². The van der Waals surface area contributed by atoms with Crippen molar-refractivity contribution in [2.24, 2.45) is 5.73 Å². The van der Waals surface area contributed by atoms with Crippen LogP contribution in [-0.4, -0.2) is 13.1 Å². The van der Waals surface area contributed by atoms with Gasteiger partial charge in [-0.05, 0) is 17.7 Å². The summed E-state index contributed by atoms with van der Waals surface area (Å²) in [7, 11) is 1.09. The number of halogens is 2. The highest BCUT2D eigenvalue weighted by Gasteiger charge is 2.17. The molecule has 76 valence electrons. The molecule has 0 bridgehead atoms. The second-order valence-electron chi connectivity index (χ2n) is 2.63. The maximum atomic E-state index is 13.0. The molecule has 0 unspecified atom stereocenters.